The smallest absolute Gasteiger partial charge is 0.382 e. The van der Waals surface area contributed by atoms with Crippen LogP contribution in [0.4, 0.5) is 23.4 Å². The number of amides is 1. The Morgan fingerprint density at radius 1 is 1.29 bits per heavy atom. The molecule has 0 N–H and O–H groups in total. The highest BCUT2D eigenvalue weighted by atomic mass is 35.5. The summed E-state index contributed by atoms with van der Waals surface area (Å²) < 4.78 is 54.4. The first-order chi connectivity index (χ1) is 13.3. The number of halogens is 5. The Hall–Kier alpha value is -2.62. The van der Waals surface area contributed by atoms with Crippen molar-refractivity contribution >= 4 is 29.0 Å². The highest BCUT2D eigenvalue weighted by Gasteiger charge is 2.47. The van der Waals surface area contributed by atoms with Gasteiger partial charge in [-0.25, -0.2) is 9.07 Å². The number of hydrogen-bond acceptors (Lipinski definition) is 4. The Bertz CT molecular complexity index is 939. The Balaban J connectivity index is 1.54. The van der Waals surface area contributed by atoms with E-state index in [1.165, 1.54) is 35.4 Å². The second-order valence-electron chi connectivity index (χ2n) is 6.40. The number of fused-ring (bicyclic) bond motifs is 1. The molecule has 2 aliphatic rings. The van der Waals surface area contributed by atoms with E-state index in [2.05, 4.69) is 10.3 Å². The lowest BCUT2D eigenvalue weighted by atomic mass is 10.0. The summed E-state index contributed by atoms with van der Waals surface area (Å²) in [6.07, 6.45) is -4.74. The summed E-state index contributed by atoms with van der Waals surface area (Å²) in [5.41, 5.74) is 0.209. The summed E-state index contributed by atoms with van der Waals surface area (Å²) in [4.78, 5) is 19.2. The van der Waals surface area contributed by atoms with Gasteiger partial charge in [0.2, 0.25) is 6.10 Å². The molecule has 2 unspecified atom stereocenters. The Labute approximate surface area is 161 Å². The van der Waals surface area contributed by atoms with Gasteiger partial charge in [-0.15, -0.1) is 0 Å². The first-order valence-electron chi connectivity index (χ1n) is 8.36. The molecule has 1 aromatic carbocycles. The van der Waals surface area contributed by atoms with Gasteiger partial charge in [0.15, 0.2) is 6.04 Å². The van der Waals surface area contributed by atoms with E-state index in [0.717, 1.165) is 4.68 Å². The van der Waals surface area contributed by atoms with Crippen LogP contribution >= 0.6 is 11.6 Å². The van der Waals surface area contributed by atoms with Crippen molar-refractivity contribution in [2.45, 2.75) is 31.2 Å². The SMILES string of the molecule is O=C(C1CC(c2c(F)cccc2Cl)=NO1)N1CCC(C(F)(F)F)n2nccc21. The maximum absolute atomic E-state index is 14.1. The van der Waals surface area contributed by atoms with Gasteiger partial charge in [0.1, 0.15) is 11.6 Å². The van der Waals surface area contributed by atoms with Gasteiger partial charge in [0, 0.05) is 19.0 Å². The number of anilines is 1. The molecule has 0 radical (unpaired) electrons. The molecule has 1 aromatic heterocycles. The van der Waals surface area contributed by atoms with E-state index in [1.807, 2.05) is 0 Å². The normalized spacial score (nSPS) is 21.9. The van der Waals surface area contributed by atoms with Crippen molar-refractivity contribution in [3.05, 3.63) is 46.9 Å². The quantitative estimate of drug-likeness (QED) is 0.701. The topological polar surface area (TPSA) is 59.7 Å². The zero-order valence-electron chi connectivity index (χ0n) is 14.2. The molecule has 2 aromatic rings. The van der Waals surface area contributed by atoms with Gasteiger partial charge in [0.25, 0.3) is 5.91 Å². The molecule has 3 heterocycles. The van der Waals surface area contributed by atoms with Crippen molar-refractivity contribution in [1.82, 2.24) is 9.78 Å². The largest absolute Gasteiger partial charge is 0.410 e. The molecule has 0 saturated carbocycles. The second kappa shape index (κ2) is 6.77. The molecular weight excluding hydrogens is 404 g/mol. The number of carbonyl (C=O) groups is 1. The monoisotopic (exact) mass is 416 g/mol. The van der Waals surface area contributed by atoms with Crippen LogP contribution in [0, 0.1) is 5.82 Å². The number of alkyl halides is 3. The van der Waals surface area contributed by atoms with Crippen molar-refractivity contribution in [2.24, 2.45) is 5.16 Å². The number of oxime groups is 1. The molecule has 0 aliphatic carbocycles. The molecule has 0 spiro atoms. The van der Waals surface area contributed by atoms with Crippen molar-refractivity contribution in [3.8, 4) is 0 Å². The molecule has 0 saturated heterocycles. The highest BCUT2D eigenvalue weighted by Crippen LogP contribution is 2.39. The van der Waals surface area contributed by atoms with E-state index >= 15 is 0 Å². The predicted octanol–water partition coefficient (Wildman–Crippen LogP) is 3.71. The van der Waals surface area contributed by atoms with Crippen LogP contribution in [0.1, 0.15) is 24.4 Å². The molecule has 2 atom stereocenters. The van der Waals surface area contributed by atoms with Gasteiger partial charge >= 0.3 is 6.18 Å². The van der Waals surface area contributed by atoms with Gasteiger partial charge in [-0.2, -0.15) is 18.3 Å². The average molecular weight is 417 g/mol. The van der Waals surface area contributed by atoms with Gasteiger partial charge < -0.3 is 4.84 Å². The third-order valence-electron chi connectivity index (χ3n) is 4.69. The first kappa shape index (κ1) is 18.7. The lowest BCUT2D eigenvalue weighted by Crippen LogP contribution is -2.47. The van der Waals surface area contributed by atoms with Crippen LogP contribution in [0.5, 0.6) is 0 Å². The summed E-state index contributed by atoms with van der Waals surface area (Å²) in [6, 6.07) is 3.67. The van der Waals surface area contributed by atoms with Crippen LogP contribution in [0.25, 0.3) is 0 Å². The maximum Gasteiger partial charge on any atom is 0.410 e. The van der Waals surface area contributed by atoms with E-state index in [-0.39, 0.29) is 41.5 Å². The maximum atomic E-state index is 14.1. The van der Waals surface area contributed by atoms with Gasteiger partial charge in [-0.3, -0.25) is 9.69 Å². The summed E-state index contributed by atoms with van der Waals surface area (Å²) >= 11 is 6.01. The number of aromatic nitrogens is 2. The van der Waals surface area contributed by atoms with Gasteiger partial charge in [0.05, 0.1) is 22.5 Å². The molecule has 1 amide bonds. The third-order valence-corrected chi connectivity index (χ3v) is 5.00. The fourth-order valence-corrected chi connectivity index (χ4v) is 3.65. The first-order valence-corrected chi connectivity index (χ1v) is 8.74. The Kier molecular flexibility index (Phi) is 4.53. The van der Waals surface area contributed by atoms with Crippen LogP contribution < -0.4 is 4.90 Å². The minimum absolute atomic E-state index is 0.0274. The van der Waals surface area contributed by atoms with Crippen molar-refractivity contribution < 1.29 is 27.2 Å². The average Bonchev–Trinajstić information content (AvgIpc) is 3.29. The Morgan fingerprint density at radius 3 is 2.79 bits per heavy atom. The number of carbonyl (C=O) groups excluding carboxylic acids is 1. The number of hydrogen-bond donors (Lipinski definition) is 0. The molecule has 148 valence electrons. The van der Waals surface area contributed by atoms with Crippen LogP contribution in [0.3, 0.4) is 0 Å². The predicted molar refractivity (Wildman–Crippen MR) is 91.7 cm³/mol. The zero-order valence-corrected chi connectivity index (χ0v) is 14.9. The third kappa shape index (κ3) is 3.11. The van der Waals surface area contributed by atoms with Crippen LogP contribution in [0.15, 0.2) is 35.6 Å². The minimum atomic E-state index is -4.47. The number of nitrogens with zero attached hydrogens (tertiary/aromatic N) is 4. The van der Waals surface area contributed by atoms with Crippen molar-refractivity contribution in [3.63, 3.8) is 0 Å². The molecule has 6 nitrogen and oxygen atoms in total. The fourth-order valence-electron chi connectivity index (χ4n) is 3.38. The zero-order chi connectivity index (χ0) is 20.1. The van der Waals surface area contributed by atoms with E-state index in [0.29, 0.717) is 0 Å². The molecule has 2 aliphatic heterocycles. The van der Waals surface area contributed by atoms with E-state index < -0.39 is 30.0 Å². The molecule has 11 heteroatoms. The van der Waals surface area contributed by atoms with Crippen LogP contribution in [-0.2, 0) is 9.63 Å². The molecular formula is C17H13ClF4N4O2. The molecule has 0 fully saturated rings. The van der Waals surface area contributed by atoms with Gasteiger partial charge in [-0.1, -0.05) is 22.8 Å². The highest BCUT2D eigenvalue weighted by molar-refractivity contribution is 6.34. The standard InChI is InChI=1S/C17H13ClF4N4O2/c18-9-2-1-3-10(19)15(9)11-8-12(28-24-11)16(27)25-7-5-13(17(20,21)22)26-14(25)4-6-23-26/h1-4,6,12-13H,5,7-8H2. The van der Waals surface area contributed by atoms with E-state index in [1.54, 1.807) is 0 Å². The van der Waals surface area contributed by atoms with Crippen molar-refractivity contribution in [1.29, 1.82) is 0 Å². The lowest BCUT2D eigenvalue weighted by molar-refractivity contribution is -0.173. The number of rotatable bonds is 2. The van der Waals surface area contributed by atoms with Crippen molar-refractivity contribution in [2.75, 3.05) is 11.4 Å². The molecule has 0 bridgehead atoms. The fraction of sp³-hybridized carbons (Fsp3) is 0.353. The minimum Gasteiger partial charge on any atom is -0.382 e. The van der Waals surface area contributed by atoms with E-state index in [4.69, 9.17) is 16.4 Å². The lowest BCUT2D eigenvalue weighted by Gasteiger charge is -2.34. The summed E-state index contributed by atoms with van der Waals surface area (Å²) in [5, 5.41) is 7.61. The Morgan fingerprint density at radius 2 is 2.07 bits per heavy atom. The van der Waals surface area contributed by atoms with E-state index in [9.17, 15) is 22.4 Å². The second-order valence-corrected chi connectivity index (χ2v) is 6.81. The summed E-state index contributed by atoms with van der Waals surface area (Å²) in [5.74, 6) is -1.15. The summed E-state index contributed by atoms with van der Waals surface area (Å²) in [7, 11) is 0. The molecule has 28 heavy (non-hydrogen) atoms. The van der Waals surface area contributed by atoms with Crippen LogP contribution in [0.2, 0.25) is 5.02 Å². The number of benzene rings is 1. The molecule has 4 rings (SSSR count). The summed E-state index contributed by atoms with van der Waals surface area (Å²) in [6.45, 7) is -0.148. The van der Waals surface area contributed by atoms with Crippen LogP contribution in [-0.4, -0.2) is 40.2 Å². The van der Waals surface area contributed by atoms with Gasteiger partial charge in [-0.05, 0) is 18.6 Å².